The van der Waals surface area contributed by atoms with Gasteiger partial charge in [0.05, 0.1) is 24.8 Å². The lowest BCUT2D eigenvalue weighted by molar-refractivity contribution is 0.234. The Bertz CT molecular complexity index is 790. The van der Waals surface area contributed by atoms with Gasteiger partial charge in [0, 0.05) is 12.6 Å². The van der Waals surface area contributed by atoms with Crippen LogP contribution in [0.4, 0.5) is 0 Å². The molecule has 2 aromatic heterocycles. The lowest BCUT2D eigenvalue weighted by Crippen LogP contribution is -2.06. The highest BCUT2D eigenvalue weighted by atomic mass is 16.5. The van der Waals surface area contributed by atoms with E-state index in [-0.39, 0.29) is 0 Å². The molecule has 3 aromatic rings. The number of pyridine rings is 1. The second-order valence-electron chi connectivity index (χ2n) is 4.60. The topological polar surface area (TPSA) is 72.4 Å². The standard InChI is InChI=1S/C16H14N4O2/c17-12-13-5-7-14(8-6-13)21-10-3-11-22-16-19-18-15-4-1-2-9-20(15)16/h1-2,4-9H,3,10-11H2. The largest absolute Gasteiger partial charge is 0.493 e. The molecule has 1 aromatic carbocycles. The average molecular weight is 294 g/mol. The number of aromatic nitrogens is 3. The molecule has 0 atom stereocenters. The molecule has 0 unspecified atom stereocenters. The molecular weight excluding hydrogens is 280 g/mol. The van der Waals surface area contributed by atoms with Crippen LogP contribution >= 0.6 is 0 Å². The number of fused-ring (bicyclic) bond motifs is 1. The lowest BCUT2D eigenvalue weighted by atomic mass is 10.2. The zero-order chi connectivity index (χ0) is 15.2. The van der Waals surface area contributed by atoms with Crippen molar-refractivity contribution in [1.82, 2.24) is 14.6 Å². The molecule has 0 saturated heterocycles. The van der Waals surface area contributed by atoms with Gasteiger partial charge in [0.25, 0.3) is 0 Å². The molecule has 0 aliphatic rings. The highest BCUT2D eigenvalue weighted by Crippen LogP contribution is 2.12. The molecule has 0 N–H and O–H groups in total. The quantitative estimate of drug-likeness (QED) is 0.653. The Morgan fingerprint density at radius 3 is 2.64 bits per heavy atom. The summed E-state index contributed by atoms with van der Waals surface area (Å²) in [4.78, 5) is 0. The van der Waals surface area contributed by atoms with Crippen molar-refractivity contribution >= 4 is 5.65 Å². The Morgan fingerprint density at radius 1 is 1.00 bits per heavy atom. The number of rotatable bonds is 6. The molecule has 0 aliphatic heterocycles. The van der Waals surface area contributed by atoms with Crippen LogP contribution in [0.2, 0.25) is 0 Å². The van der Waals surface area contributed by atoms with Crippen molar-refractivity contribution in [2.75, 3.05) is 13.2 Å². The first-order valence-corrected chi connectivity index (χ1v) is 6.92. The smallest absolute Gasteiger partial charge is 0.321 e. The van der Waals surface area contributed by atoms with Crippen molar-refractivity contribution in [1.29, 1.82) is 5.26 Å². The van der Waals surface area contributed by atoms with Gasteiger partial charge in [-0.3, -0.25) is 4.40 Å². The normalized spacial score (nSPS) is 10.3. The number of nitriles is 1. The molecule has 2 heterocycles. The van der Waals surface area contributed by atoms with E-state index in [2.05, 4.69) is 16.3 Å². The van der Waals surface area contributed by atoms with E-state index in [4.69, 9.17) is 14.7 Å². The van der Waals surface area contributed by atoms with Gasteiger partial charge in [0.15, 0.2) is 5.65 Å². The van der Waals surface area contributed by atoms with E-state index < -0.39 is 0 Å². The third-order valence-corrected chi connectivity index (χ3v) is 3.05. The van der Waals surface area contributed by atoms with Gasteiger partial charge in [0.2, 0.25) is 0 Å². The Labute approximate surface area is 127 Å². The first-order chi connectivity index (χ1) is 10.9. The summed E-state index contributed by atoms with van der Waals surface area (Å²) in [6.45, 7) is 1.02. The summed E-state index contributed by atoms with van der Waals surface area (Å²) in [6.07, 6.45) is 2.58. The Balaban J connectivity index is 1.44. The van der Waals surface area contributed by atoms with E-state index in [1.807, 2.05) is 24.4 Å². The van der Waals surface area contributed by atoms with Crippen LogP contribution in [0.1, 0.15) is 12.0 Å². The third kappa shape index (κ3) is 3.15. The molecule has 0 fully saturated rings. The average Bonchev–Trinajstić information content (AvgIpc) is 2.98. The zero-order valence-electron chi connectivity index (χ0n) is 11.8. The van der Waals surface area contributed by atoms with E-state index in [1.165, 1.54) is 0 Å². The van der Waals surface area contributed by atoms with E-state index >= 15 is 0 Å². The van der Waals surface area contributed by atoms with Gasteiger partial charge in [-0.2, -0.15) is 5.26 Å². The summed E-state index contributed by atoms with van der Waals surface area (Å²) in [7, 11) is 0. The van der Waals surface area contributed by atoms with Crippen molar-refractivity contribution in [2.24, 2.45) is 0 Å². The van der Waals surface area contributed by atoms with Crippen LogP contribution in [-0.4, -0.2) is 27.8 Å². The maximum atomic E-state index is 8.72. The monoisotopic (exact) mass is 294 g/mol. The van der Waals surface area contributed by atoms with Gasteiger partial charge in [-0.15, -0.1) is 5.10 Å². The summed E-state index contributed by atoms with van der Waals surface area (Å²) in [5.74, 6) is 0.743. The fraction of sp³-hybridized carbons (Fsp3) is 0.188. The van der Waals surface area contributed by atoms with E-state index in [9.17, 15) is 0 Å². The maximum absolute atomic E-state index is 8.72. The minimum absolute atomic E-state index is 0.481. The summed E-state index contributed by atoms with van der Waals surface area (Å²) >= 11 is 0. The minimum Gasteiger partial charge on any atom is -0.493 e. The van der Waals surface area contributed by atoms with Crippen molar-refractivity contribution < 1.29 is 9.47 Å². The van der Waals surface area contributed by atoms with Crippen LogP contribution in [-0.2, 0) is 0 Å². The molecule has 110 valence electrons. The molecule has 0 bridgehead atoms. The van der Waals surface area contributed by atoms with Crippen molar-refractivity contribution in [2.45, 2.75) is 6.42 Å². The van der Waals surface area contributed by atoms with Crippen LogP contribution in [0.3, 0.4) is 0 Å². The van der Waals surface area contributed by atoms with Gasteiger partial charge in [-0.05, 0) is 36.4 Å². The predicted octanol–water partition coefficient (Wildman–Crippen LogP) is 2.45. The molecule has 0 saturated carbocycles. The number of hydrogen-bond acceptors (Lipinski definition) is 5. The molecule has 6 heteroatoms. The van der Waals surface area contributed by atoms with Crippen LogP contribution in [0.5, 0.6) is 11.8 Å². The van der Waals surface area contributed by atoms with Crippen molar-refractivity contribution in [3.63, 3.8) is 0 Å². The summed E-state index contributed by atoms with van der Waals surface area (Å²) in [5.41, 5.74) is 1.38. The second-order valence-corrected chi connectivity index (χ2v) is 4.60. The SMILES string of the molecule is N#Cc1ccc(OCCCOc2nnc3ccccn23)cc1. The van der Waals surface area contributed by atoms with Gasteiger partial charge >= 0.3 is 6.01 Å². The highest BCUT2D eigenvalue weighted by Gasteiger charge is 2.04. The molecule has 22 heavy (non-hydrogen) atoms. The van der Waals surface area contributed by atoms with E-state index in [0.29, 0.717) is 24.8 Å². The van der Waals surface area contributed by atoms with Crippen LogP contribution in [0.15, 0.2) is 48.7 Å². The molecular formula is C16H14N4O2. The molecule has 6 nitrogen and oxygen atoms in total. The van der Waals surface area contributed by atoms with E-state index in [0.717, 1.165) is 17.8 Å². The van der Waals surface area contributed by atoms with Gasteiger partial charge < -0.3 is 9.47 Å². The second kappa shape index (κ2) is 6.59. The van der Waals surface area contributed by atoms with Gasteiger partial charge in [-0.25, -0.2) is 0 Å². The van der Waals surface area contributed by atoms with Crippen molar-refractivity contribution in [3.05, 3.63) is 54.2 Å². The lowest BCUT2D eigenvalue weighted by Gasteiger charge is -2.06. The van der Waals surface area contributed by atoms with Crippen LogP contribution < -0.4 is 9.47 Å². The number of hydrogen-bond donors (Lipinski definition) is 0. The van der Waals surface area contributed by atoms with Gasteiger partial charge in [-0.1, -0.05) is 11.2 Å². The fourth-order valence-corrected chi connectivity index (χ4v) is 1.96. The Kier molecular flexibility index (Phi) is 4.16. The number of ether oxygens (including phenoxy) is 2. The first-order valence-electron chi connectivity index (χ1n) is 6.92. The molecule has 0 aliphatic carbocycles. The van der Waals surface area contributed by atoms with Crippen molar-refractivity contribution in [3.8, 4) is 17.8 Å². The highest BCUT2D eigenvalue weighted by molar-refractivity contribution is 5.38. The molecule has 0 radical (unpaired) electrons. The maximum Gasteiger partial charge on any atom is 0.321 e. The first kappa shape index (κ1) is 13.9. The zero-order valence-corrected chi connectivity index (χ0v) is 11.8. The number of benzene rings is 1. The van der Waals surface area contributed by atoms with Gasteiger partial charge in [0.1, 0.15) is 5.75 Å². The van der Waals surface area contributed by atoms with E-state index in [1.54, 1.807) is 28.7 Å². The Morgan fingerprint density at radius 2 is 1.82 bits per heavy atom. The van der Waals surface area contributed by atoms with Crippen LogP contribution in [0.25, 0.3) is 5.65 Å². The summed E-state index contributed by atoms with van der Waals surface area (Å²) in [5, 5.41) is 16.7. The summed E-state index contributed by atoms with van der Waals surface area (Å²) in [6, 6.07) is 15.2. The summed E-state index contributed by atoms with van der Waals surface area (Å²) < 4.78 is 13.0. The predicted molar refractivity (Wildman–Crippen MR) is 79.8 cm³/mol. The third-order valence-electron chi connectivity index (χ3n) is 3.05. The number of nitrogens with zero attached hydrogens (tertiary/aromatic N) is 4. The minimum atomic E-state index is 0.481. The van der Waals surface area contributed by atoms with Crippen LogP contribution in [0, 0.1) is 11.3 Å². The molecule has 0 spiro atoms. The molecule has 3 rings (SSSR count). The molecule has 0 amide bonds. The fourth-order valence-electron chi connectivity index (χ4n) is 1.96. The Hall–Kier alpha value is -3.07.